The molecule has 0 spiro atoms. The van der Waals surface area contributed by atoms with Crippen molar-refractivity contribution in [2.45, 2.75) is 39.5 Å². The van der Waals surface area contributed by atoms with Gasteiger partial charge in [-0.05, 0) is 12.8 Å². The number of rotatable bonds is 7. The highest BCUT2D eigenvalue weighted by molar-refractivity contribution is 5.68. The van der Waals surface area contributed by atoms with Gasteiger partial charge in [-0.2, -0.15) is 0 Å². The number of hydrogen-bond donors (Lipinski definition) is 2. The van der Waals surface area contributed by atoms with Crippen molar-refractivity contribution in [1.82, 2.24) is 0 Å². The molecule has 0 saturated carbocycles. The van der Waals surface area contributed by atoms with Crippen LogP contribution in [0.5, 0.6) is 0 Å². The van der Waals surface area contributed by atoms with E-state index in [1.807, 2.05) is 13.8 Å². The number of carboxylic acid groups (broad SMARTS) is 2. The van der Waals surface area contributed by atoms with Gasteiger partial charge in [-0.15, -0.1) is 0 Å². The number of unbranched alkanes of at least 4 members (excludes halogenated alkanes) is 1. The topological polar surface area (TPSA) is 83.8 Å². The minimum absolute atomic E-state index is 0.167. The summed E-state index contributed by atoms with van der Waals surface area (Å²) in [5.41, 5.74) is 0. The molecule has 0 unspecified atom stereocenters. The fourth-order valence-corrected chi connectivity index (χ4v) is 0.620. The van der Waals surface area contributed by atoms with Crippen LogP contribution in [0.2, 0.25) is 0 Å². The second-order valence-electron chi connectivity index (χ2n) is 2.94. The molecule has 0 bridgehead atoms. The molecule has 0 atom stereocenters. The Morgan fingerprint density at radius 3 is 1.93 bits per heavy atom. The van der Waals surface area contributed by atoms with Crippen LogP contribution in [0.4, 0.5) is 0 Å². The molecule has 5 nitrogen and oxygen atoms in total. The van der Waals surface area contributed by atoms with Crippen LogP contribution in [0.25, 0.3) is 0 Å². The van der Waals surface area contributed by atoms with Crippen LogP contribution in [0.3, 0.4) is 0 Å². The van der Waals surface area contributed by atoms with E-state index in [1.54, 1.807) is 0 Å². The lowest BCUT2D eigenvalue weighted by Gasteiger charge is -1.96. The third kappa shape index (κ3) is 24.6. The Morgan fingerprint density at radius 1 is 1.07 bits per heavy atom. The summed E-state index contributed by atoms with van der Waals surface area (Å²) in [6.45, 7) is 4.26. The lowest BCUT2D eigenvalue weighted by Crippen LogP contribution is -2.07. The predicted octanol–water partition coefficient (Wildman–Crippen LogP) is 1.76. The van der Waals surface area contributed by atoms with Crippen molar-refractivity contribution in [3.8, 4) is 0 Å². The van der Waals surface area contributed by atoms with Gasteiger partial charge >= 0.3 is 11.9 Å². The summed E-state index contributed by atoms with van der Waals surface area (Å²) in [5.74, 6) is -1.61. The normalized spacial score (nSPS) is 8.93. The van der Waals surface area contributed by atoms with Crippen LogP contribution in [0.1, 0.15) is 39.5 Å². The first-order chi connectivity index (χ1) is 7.04. The lowest BCUT2D eigenvalue weighted by atomic mass is 10.4. The molecule has 0 aliphatic carbocycles. The summed E-state index contributed by atoms with van der Waals surface area (Å²) >= 11 is 0. The quantitative estimate of drug-likeness (QED) is 0.639. The highest BCUT2D eigenvalue weighted by Crippen LogP contribution is 1.86. The predicted molar refractivity (Wildman–Crippen MR) is 55.9 cm³/mol. The molecule has 0 saturated heterocycles. The van der Waals surface area contributed by atoms with E-state index >= 15 is 0 Å². The average molecular weight is 220 g/mol. The second-order valence-corrected chi connectivity index (χ2v) is 2.94. The standard InChI is InChI=1S/C6H12O3.C4H8O2/c1-2-3-4-9-5-6(7)8;1-2-3-4(5)6/h2-5H2,1H3,(H,7,8);2-3H2,1H3,(H,5,6). The van der Waals surface area contributed by atoms with Gasteiger partial charge in [0.15, 0.2) is 0 Å². The molecule has 5 heteroatoms. The molecule has 0 radical (unpaired) electrons. The maximum atomic E-state index is 9.84. The zero-order valence-electron chi connectivity index (χ0n) is 9.36. The molecule has 0 amide bonds. The van der Waals surface area contributed by atoms with Crippen LogP contribution >= 0.6 is 0 Å². The minimum atomic E-state index is -0.897. The zero-order chi connectivity index (χ0) is 12.1. The van der Waals surface area contributed by atoms with Crippen LogP contribution < -0.4 is 0 Å². The van der Waals surface area contributed by atoms with Crippen molar-refractivity contribution < 1.29 is 24.5 Å². The first kappa shape index (κ1) is 16.3. The van der Waals surface area contributed by atoms with E-state index in [1.165, 1.54) is 0 Å². The highest BCUT2D eigenvalue weighted by atomic mass is 16.5. The first-order valence-electron chi connectivity index (χ1n) is 5.05. The molecule has 0 aromatic heterocycles. The Labute approximate surface area is 90.1 Å². The summed E-state index contributed by atoms with van der Waals surface area (Å²) in [5, 5.41) is 16.0. The Balaban J connectivity index is 0. The lowest BCUT2D eigenvalue weighted by molar-refractivity contribution is -0.142. The molecule has 15 heavy (non-hydrogen) atoms. The van der Waals surface area contributed by atoms with Gasteiger partial charge in [0.2, 0.25) is 0 Å². The van der Waals surface area contributed by atoms with Gasteiger partial charge in [0.1, 0.15) is 6.61 Å². The number of hydrogen-bond acceptors (Lipinski definition) is 3. The van der Waals surface area contributed by atoms with Gasteiger partial charge in [-0.3, -0.25) is 4.79 Å². The van der Waals surface area contributed by atoms with Crippen LogP contribution in [-0.2, 0) is 14.3 Å². The van der Waals surface area contributed by atoms with Crippen molar-refractivity contribution in [2.24, 2.45) is 0 Å². The molecule has 0 aromatic carbocycles. The van der Waals surface area contributed by atoms with Crippen molar-refractivity contribution in [2.75, 3.05) is 13.2 Å². The van der Waals surface area contributed by atoms with Crippen LogP contribution in [-0.4, -0.2) is 35.4 Å². The molecule has 0 aromatic rings. The monoisotopic (exact) mass is 220 g/mol. The fourth-order valence-electron chi connectivity index (χ4n) is 0.620. The molecule has 0 aliphatic heterocycles. The maximum Gasteiger partial charge on any atom is 0.329 e. The smallest absolute Gasteiger partial charge is 0.329 e. The van der Waals surface area contributed by atoms with E-state index in [0.29, 0.717) is 13.0 Å². The molecule has 0 aliphatic rings. The number of carbonyl (C=O) groups is 2. The number of carboxylic acids is 2. The summed E-state index contributed by atoms with van der Waals surface area (Å²) < 4.78 is 4.74. The van der Waals surface area contributed by atoms with Crippen LogP contribution in [0, 0.1) is 0 Å². The molecule has 2 N–H and O–H groups in total. The maximum absolute atomic E-state index is 9.84. The number of aliphatic carboxylic acids is 2. The Kier molecular flexibility index (Phi) is 14.0. The van der Waals surface area contributed by atoms with Gasteiger partial charge in [-0.25, -0.2) is 4.79 Å². The fraction of sp³-hybridized carbons (Fsp3) is 0.800. The van der Waals surface area contributed by atoms with Crippen molar-refractivity contribution in [1.29, 1.82) is 0 Å². The van der Waals surface area contributed by atoms with Gasteiger partial charge in [-0.1, -0.05) is 20.3 Å². The molecule has 0 fully saturated rings. The summed E-state index contributed by atoms with van der Waals surface area (Å²) in [6.07, 6.45) is 3.00. The molecule has 90 valence electrons. The molecular weight excluding hydrogens is 200 g/mol. The molecule has 0 rings (SSSR count). The number of ether oxygens (including phenoxy) is 1. The second kappa shape index (κ2) is 12.9. The van der Waals surface area contributed by atoms with Crippen LogP contribution in [0.15, 0.2) is 0 Å². The van der Waals surface area contributed by atoms with E-state index in [2.05, 4.69) is 0 Å². The summed E-state index contributed by atoms with van der Waals surface area (Å²) in [6, 6.07) is 0. The van der Waals surface area contributed by atoms with Gasteiger partial charge in [0.25, 0.3) is 0 Å². The van der Waals surface area contributed by atoms with Gasteiger partial charge in [0, 0.05) is 13.0 Å². The molecular formula is C10H20O5. The van der Waals surface area contributed by atoms with E-state index < -0.39 is 11.9 Å². The van der Waals surface area contributed by atoms with E-state index in [4.69, 9.17) is 14.9 Å². The average Bonchev–Trinajstić information content (AvgIpc) is 2.13. The summed E-state index contributed by atoms with van der Waals surface area (Å²) in [4.78, 5) is 19.4. The summed E-state index contributed by atoms with van der Waals surface area (Å²) in [7, 11) is 0. The first-order valence-corrected chi connectivity index (χ1v) is 5.05. The third-order valence-corrected chi connectivity index (χ3v) is 1.33. The van der Waals surface area contributed by atoms with E-state index in [-0.39, 0.29) is 6.61 Å². The Hall–Kier alpha value is -1.10. The van der Waals surface area contributed by atoms with Gasteiger partial charge in [0.05, 0.1) is 0 Å². The van der Waals surface area contributed by atoms with Crippen molar-refractivity contribution >= 4 is 11.9 Å². The SMILES string of the molecule is CCCC(=O)O.CCCCOCC(=O)O. The van der Waals surface area contributed by atoms with E-state index in [0.717, 1.165) is 19.3 Å². The highest BCUT2D eigenvalue weighted by Gasteiger charge is 1.93. The van der Waals surface area contributed by atoms with Crippen molar-refractivity contribution in [3.05, 3.63) is 0 Å². The Bertz CT molecular complexity index is 167. The van der Waals surface area contributed by atoms with Crippen molar-refractivity contribution in [3.63, 3.8) is 0 Å². The van der Waals surface area contributed by atoms with Gasteiger partial charge < -0.3 is 14.9 Å². The van der Waals surface area contributed by atoms with E-state index in [9.17, 15) is 9.59 Å². The Morgan fingerprint density at radius 2 is 1.67 bits per heavy atom. The minimum Gasteiger partial charge on any atom is -0.481 e. The third-order valence-electron chi connectivity index (χ3n) is 1.33. The largest absolute Gasteiger partial charge is 0.481 e. The molecule has 0 heterocycles. The zero-order valence-corrected chi connectivity index (χ0v) is 9.36.